The van der Waals surface area contributed by atoms with E-state index in [0.29, 0.717) is 21.9 Å². The second-order valence-electron chi connectivity index (χ2n) is 5.89. The maximum absolute atomic E-state index is 12.6. The molecule has 0 saturated heterocycles. The van der Waals surface area contributed by atoms with Crippen LogP contribution in [0.4, 0.5) is 17.1 Å². The highest BCUT2D eigenvalue weighted by molar-refractivity contribution is 7.21. The number of allylic oxidation sites excluding steroid dienone is 1. The van der Waals surface area contributed by atoms with Crippen LogP contribution in [0.25, 0.3) is 10.2 Å². The normalized spacial score (nSPS) is 10.8. The summed E-state index contributed by atoms with van der Waals surface area (Å²) >= 11 is 1.31. The first kappa shape index (κ1) is 17.0. The van der Waals surface area contributed by atoms with Crippen LogP contribution < -0.4 is 16.8 Å². The van der Waals surface area contributed by atoms with Crippen molar-refractivity contribution >= 4 is 44.5 Å². The number of thiophene rings is 1. The van der Waals surface area contributed by atoms with Crippen LogP contribution in [0.15, 0.2) is 36.9 Å². The van der Waals surface area contributed by atoms with Crippen molar-refractivity contribution in [1.82, 2.24) is 4.98 Å². The molecule has 2 aromatic heterocycles. The molecule has 25 heavy (non-hydrogen) atoms. The van der Waals surface area contributed by atoms with Gasteiger partial charge in [0.1, 0.15) is 9.71 Å². The second-order valence-corrected chi connectivity index (χ2v) is 6.89. The molecule has 2 heterocycles. The number of nitrogens with one attached hydrogen (secondary N) is 1. The summed E-state index contributed by atoms with van der Waals surface area (Å²) in [5.41, 5.74) is 16.9. The van der Waals surface area contributed by atoms with Crippen LogP contribution in [0.3, 0.4) is 0 Å². The first-order valence-electron chi connectivity index (χ1n) is 7.88. The molecule has 1 amide bonds. The molecule has 3 aromatic rings. The number of fused-ring (bicyclic) bond motifs is 1. The molecular formula is C19H20N4OS. The van der Waals surface area contributed by atoms with E-state index >= 15 is 0 Å². The molecule has 0 bridgehead atoms. The van der Waals surface area contributed by atoms with Gasteiger partial charge < -0.3 is 16.8 Å². The van der Waals surface area contributed by atoms with Gasteiger partial charge in [-0.25, -0.2) is 4.98 Å². The minimum atomic E-state index is -0.243. The summed E-state index contributed by atoms with van der Waals surface area (Å²) in [6.45, 7) is 7.78. The van der Waals surface area contributed by atoms with Gasteiger partial charge >= 0.3 is 0 Å². The van der Waals surface area contributed by atoms with Gasteiger partial charge in [0.25, 0.3) is 5.91 Å². The number of rotatable bonds is 4. The summed E-state index contributed by atoms with van der Waals surface area (Å²) in [7, 11) is 0. The van der Waals surface area contributed by atoms with Gasteiger partial charge in [-0.05, 0) is 55.7 Å². The Bertz CT molecular complexity index is 973. The Kier molecular flexibility index (Phi) is 4.46. The Morgan fingerprint density at radius 2 is 1.96 bits per heavy atom. The smallest absolute Gasteiger partial charge is 0.267 e. The van der Waals surface area contributed by atoms with Crippen molar-refractivity contribution in [3.63, 3.8) is 0 Å². The average Bonchev–Trinajstić information content (AvgIpc) is 2.90. The Morgan fingerprint density at radius 3 is 2.60 bits per heavy atom. The zero-order valence-corrected chi connectivity index (χ0v) is 15.0. The lowest BCUT2D eigenvalue weighted by atomic mass is 10.0. The van der Waals surface area contributed by atoms with Crippen LogP contribution in [-0.2, 0) is 6.42 Å². The third-order valence-electron chi connectivity index (χ3n) is 4.18. The standard InChI is InChI=1S/C19H20N4OS/c1-4-5-14-10(2)15-16(21)17(25-19(15)22-11(14)3)18(24)23-13-8-6-12(20)7-9-13/h4,6-9H,1,5,20-21H2,2-3H3,(H,23,24). The summed E-state index contributed by atoms with van der Waals surface area (Å²) in [5.74, 6) is -0.243. The Balaban J connectivity index is 2.03. The number of hydrogen-bond donors (Lipinski definition) is 3. The number of aryl methyl sites for hydroxylation is 2. The number of carbonyl (C=O) groups is 1. The van der Waals surface area contributed by atoms with Gasteiger partial charge in [-0.2, -0.15) is 0 Å². The number of anilines is 3. The lowest BCUT2D eigenvalue weighted by molar-refractivity contribution is 0.103. The topological polar surface area (TPSA) is 94.0 Å². The van der Waals surface area contributed by atoms with E-state index in [-0.39, 0.29) is 5.91 Å². The second kappa shape index (κ2) is 6.57. The minimum absolute atomic E-state index is 0.243. The molecule has 6 heteroatoms. The predicted octanol–water partition coefficient (Wildman–Crippen LogP) is 4.06. The van der Waals surface area contributed by atoms with Crippen molar-refractivity contribution in [3.8, 4) is 0 Å². The Labute approximate surface area is 150 Å². The van der Waals surface area contributed by atoms with Crippen LogP contribution in [-0.4, -0.2) is 10.9 Å². The van der Waals surface area contributed by atoms with Crippen molar-refractivity contribution in [2.24, 2.45) is 0 Å². The molecule has 0 aliphatic carbocycles. The minimum Gasteiger partial charge on any atom is -0.399 e. The fourth-order valence-corrected chi connectivity index (χ4v) is 3.98. The van der Waals surface area contributed by atoms with Crippen LogP contribution in [0.2, 0.25) is 0 Å². The molecule has 128 valence electrons. The molecule has 3 rings (SSSR count). The predicted molar refractivity (Wildman–Crippen MR) is 106 cm³/mol. The highest BCUT2D eigenvalue weighted by Crippen LogP contribution is 2.37. The zero-order chi connectivity index (χ0) is 18.1. The van der Waals surface area contributed by atoms with E-state index in [9.17, 15) is 4.79 Å². The molecule has 5 nitrogen and oxygen atoms in total. The number of nitrogens with two attached hydrogens (primary N) is 2. The summed E-state index contributed by atoms with van der Waals surface area (Å²) < 4.78 is 0. The SMILES string of the molecule is C=CCc1c(C)nc2sc(C(=O)Nc3ccc(N)cc3)c(N)c2c1C. The summed E-state index contributed by atoms with van der Waals surface area (Å²) in [6, 6.07) is 6.99. The average molecular weight is 352 g/mol. The van der Waals surface area contributed by atoms with E-state index in [1.807, 2.05) is 19.9 Å². The summed E-state index contributed by atoms with van der Waals surface area (Å²) in [6.07, 6.45) is 2.57. The highest BCUT2D eigenvalue weighted by Gasteiger charge is 2.21. The maximum atomic E-state index is 12.6. The van der Waals surface area contributed by atoms with E-state index in [1.165, 1.54) is 11.3 Å². The first-order valence-corrected chi connectivity index (χ1v) is 8.69. The van der Waals surface area contributed by atoms with Gasteiger partial charge in [-0.15, -0.1) is 17.9 Å². The van der Waals surface area contributed by atoms with Crippen LogP contribution in [0.5, 0.6) is 0 Å². The van der Waals surface area contributed by atoms with E-state index in [1.54, 1.807) is 24.3 Å². The zero-order valence-electron chi connectivity index (χ0n) is 14.2. The van der Waals surface area contributed by atoms with Crippen molar-refractivity contribution in [1.29, 1.82) is 0 Å². The van der Waals surface area contributed by atoms with E-state index < -0.39 is 0 Å². The summed E-state index contributed by atoms with van der Waals surface area (Å²) in [4.78, 5) is 18.5. The van der Waals surface area contributed by atoms with E-state index in [4.69, 9.17) is 11.5 Å². The number of aromatic nitrogens is 1. The fraction of sp³-hybridized carbons (Fsp3) is 0.158. The highest BCUT2D eigenvalue weighted by atomic mass is 32.1. The Morgan fingerprint density at radius 1 is 1.28 bits per heavy atom. The molecule has 0 aliphatic heterocycles. The lowest BCUT2D eigenvalue weighted by Gasteiger charge is -2.09. The third-order valence-corrected chi connectivity index (χ3v) is 5.28. The van der Waals surface area contributed by atoms with Gasteiger partial charge in [0.2, 0.25) is 0 Å². The van der Waals surface area contributed by atoms with Gasteiger partial charge in [-0.3, -0.25) is 4.79 Å². The van der Waals surface area contributed by atoms with Crippen LogP contribution >= 0.6 is 11.3 Å². The molecule has 0 unspecified atom stereocenters. The van der Waals surface area contributed by atoms with Crippen molar-refractivity contribution in [3.05, 3.63) is 58.6 Å². The molecule has 5 N–H and O–H groups in total. The van der Waals surface area contributed by atoms with Crippen molar-refractivity contribution < 1.29 is 4.79 Å². The number of benzene rings is 1. The number of nitrogens with zero attached hydrogens (tertiary/aromatic N) is 1. The van der Waals surface area contributed by atoms with Gasteiger partial charge in [-0.1, -0.05) is 6.08 Å². The largest absolute Gasteiger partial charge is 0.399 e. The molecular weight excluding hydrogens is 332 g/mol. The summed E-state index contributed by atoms with van der Waals surface area (Å²) in [5, 5.41) is 3.71. The van der Waals surface area contributed by atoms with Gasteiger partial charge in [0, 0.05) is 22.5 Å². The van der Waals surface area contributed by atoms with E-state index in [0.717, 1.165) is 33.5 Å². The molecule has 0 atom stereocenters. The van der Waals surface area contributed by atoms with Crippen molar-refractivity contribution in [2.45, 2.75) is 20.3 Å². The maximum Gasteiger partial charge on any atom is 0.267 e. The van der Waals surface area contributed by atoms with E-state index in [2.05, 4.69) is 16.9 Å². The Hall–Kier alpha value is -2.86. The van der Waals surface area contributed by atoms with Crippen molar-refractivity contribution in [2.75, 3.05) is 16.8 Å². The molecule has 0 saturated carbocycles. The number of hydrogen-bond acceptors (Lipinski definition) is 5. The first-order chi connectivity index (χ1) is 11.9. The third kappa shape index (κ3) is 3.08. The van der Waals surface area contributed by atoms with Crippen LogP contribution in [0, 0.1) is 13.8 Å². The van der Waals surface area contributed by atoms with Gasteiger partial charge in [0.05, 0.1) is 5.69 Å². The number of amides is 1. The number of carbonyl (C=O) groups excluding carboxylic acids is 1. The fourth-order valence-electron chi connectivity index (χ4n) is 2.88. The molecule has 0 aliphatic rings. The molecule has 0 fully saturated rings. The number of nitrogen functional groups attached to an aromatic ring is 2. The lowest BCUT2D eigenvalue weighted by Crippen LogP contribution is -2.12. The van der Waals surface area contributed by atoms with Gasteiger partial charge in [0.15, 0.2) is 0 Å². The molecule has 0 radical (unpaired) electrons. The monoisotopic (exact) mass is 352 g/mol. The number of pyridine rings is 1. The van der Waals surface area contributed by atoms with Crippen LogP contribution in [0.1, 0.15) is 26.5 Å². The molecule has 0 spiro atoms. The quantitative estimate of drug-likeness (QED) is 0.487. The molecule has 1 aromatic carbocycles.